The number of aromatic nitrogens is 2. The standard InChI is InChI=1S/C13H22N4O/c1-2-10-8-11(17-16-10)15-12(18)13(9-14)6-4-3-5-7-13/h8H,2-7,9,14H2,1H3,(H2,15,16,17,18). The van der Waals surface area contributed by atoms with Gasteiger partial charge in [0.25, 0.3) is 0 Å². The summed E-state index contributed by atoms with van der Waals surface area (Å²) < 4.78 is 0. The average molecular weight is 250 g/mol. The minimum Gasteiger partial charge on any atom is -0.329 e. The van der Waals surface area contributed by atoms with Crippen molar-refractivity contribution in [2.45, 2.75) is 45.4 Å². The third-order valence-electron chi connectivity index (χ3n) is 3.94. The predicted molar refractivity (Wildman–Crippen MR) is 71.2 cm³/mol. The maximum absolute atomic E-state index is 12.4. The van der Waals surface area contributed by atoms with Crippen LogP contribution in [0.5, 0.6) is 0 Å². The number of aromatic amines is 1. The topological polar surface area (TPSA) is 83.8 Å². The molecule has 1 fully saturated rings. The monoisotopic (exact) mass is 250 g/mol. The predicted octanol–water partition coefficient (Wildman–Crippen LogP) is 1.82. The number of carbonyl (C=O) groups excluding carboxylic acids is 1. The van der Waals surface area contributed by atoms with Crippen LogP contribution >= 0.6 is 0 Å². The number of amides is 1. The summed E-state index contributed by atoms with van der Waals surface area (Å²) in [6, 6.07) is 1.88. The van der Waals surface area contributed by atoms with Gasteiger partial charge in [-0.1, -0.05) is 26.2 Å². The summed E-state index contributed by atoms with van der Waals surface area (Å²) >= 11 is 0. The van der Waals surface area contributed by atoms with Crippen LogP contribution in [0.2, 0.25) is 0 Å². The number of nitrogens with zero attached hydrogens (tertiary/aromatic N) is 1. The van der Waals surface area contributed by atoms with Crippen LogP contribution in [0.4, 0.5) is 5.82 Å². The number of anilines is 1. The van der Waals surface area contributed by atoms with Gasteiger partial charge in [0, 0.05) is 18.3 Å². The second-order valence-electron chi connectivity index (χ2n) is 5.13. The molecule has 0 unspecified atom stereocenters. The van der Waals surface area contributed by atoms with E-state index in [2.05, 4.69) is 15.5 Å². The van der Waals surface area contributed by atoms with Crippen LogP contribution < -0.4 is 11.1 Å². The molecule has 5 heteroatoms. The summed E-state index contributed by atoms with van der Waals surface area (Å²) in [5.74, 6) is 0.633. The minimum atomic E-state index is -0.385. The summed E-state index contributed by atoms with van der Waals surface area (Å²) in [7, 11) is 0. The van der Waals surface area contributed by atoms with Crippen LogP contribution in [0, 0.1) is 5.41 Å². The molecular weight excluding hydrogens is 228 g/mol. The lowest BCUT2D eigenvalue weighted by atomic mass is 9.73. The van der Waals surface area contributed by atoms with Gasteiger partial charge in [0.1, 0.15) is 0 Å². The molecule has 5 nitrogen and oxygen atoms in total. The lowest BCUT2D eigenvalue weighted by Gasteiger charge is -2.34. The van der Waals surface area contributed by atoms with Crippen molar-refractivity contribution in [1.29, 1.82) is 0 Å². The van der Waals surface area contributed by atoms with Gasteiger partial charge in [-0.15, -0.1) is 0 Å². The Morgan fingerprint density at radius 2 is 2.22 bits per heavy atom. The molecule has 2 rings (SSSR count). The Bertz CT molecular complexity index is 407. The zero-order valence-corrected chi connectivity index (χ0v) is 11.0. The van der Waals surface area contributed by atoms with Crippen LogP contribution in [-0.4, -0.2) is 22.6 Å². The van der Waals surface area contributed by atoms with Crippen LogP contribution in [0.1, 0.15) is 44.7 Å². The van der Waals surface area contributed by atoms with Gasteiger partial charge in [-0.2, -0.15) is 5.10 Å². The number of aryl methyl sites for hydroxylation is 1. The highest BCUT2D eigenvalue weighted by molar-refractivity contribution is 5.94. The molecule has 1 aromatic heterocycles. The zero-order chi connectivity index (χ0) is 13.0. The molecule has 1 heterocycles. The highest BCUT2D eigenvalue weighted by Gasteiger charge is 2.38. The lowest BCUT2D eigenvalue weighted by Crippen LogP contribution is -2.43. The minimum absolute atomic E-state index is 0.0267. The fraction of sp³-hybridized carbons (Fsp3) is 0.692. The first-order chi connectivity index (χ1) is 8.70. The summed E-state index contributed by atoms with van der Waals surface area (Å²) in [5, 5.41) is 9.88. The van der Waals surface area contributed by atoms with Crippen molar-refractivity contribution in [3.63, 3.8) is 0 Å². The highest BCUT2D eigenvalue weighted by Crippen LogP contribution is 2.36. The number of rotatable bonds is 4. The summed E-state index contributed by atoms with van der Waals surface area (Å²) in [6.07, 6.45) is 6.04. The van der Waals surface area contributed by atoms with Gasteiger partial charge in [-0.05, 0) is 19.3 Å². The normalized spacial score (nSPS) is 18.6. The third-order valence-corrected chi connectivity index (χ3v) is 3.94. The zero-order valence-electron chi connectivity index (χ0n) is 11.0. The molecule has 0 aromatic carbocycles. The van der Waals surface area contributed by atoms with Crippen molar-refractivity contribution >= 4 is 11.7 Å². The quantitative estimate of drug-likeness (QED) is 0.762. The van der Waals surface area contributed by atoms with E-state index in [-0.39, 0.29) is 11.3 Å². The van der Waals surface area contributed by atoms with E-state index in [1.54, 1.807) is 0 Å². The number of nitrogens with two attached hydrogens (primary N) is 1. The lowest BCUT2D eigenvalue weighted by molar-refractivity contribution is -0.126. The van der Waals surface area contributed by atoms with Gasteiger partial charge >= 0.3 is 0 Å². The Labute approximate surface area is 108 Å². The SMILES string of the molecule is CCc1cc(NC(=O)C2(CN)CCCCC2)n[nH]1. The Hall–Kier alpha value is -1.36. The van der Waals surface area contributed by atoms with E-state index < -0.39 is 0 Å². The van der Waals surface area contributed by atoms with Crippen LogP contribution in [0.3, 0.4) is 0 Å². The molecule has 4 N–H and O–H groups in total. The molecule has 1 aromatic rings. The molecule has 0 radical (unpaired) electrons. The van der Waals surface area contributed by atoms with E-state index in [0.29, 0.717) is 12.4 Å². The van der Waals surface area contributed by atoms with Gasteiger partial charge in [0.2, 0.25) is 5.91 Å². The molecule has 100 valence electrons. The van der Waals surface area contributed by atoms with Gasteiger partial charge in [-0.25, -0.2) is 0 Å². The number of hydrogen-bond acceptors (Lipinski definition) is 3. The van der Waals surface area contributed by atoms with Crippen molar-refractivity contribution in [3.8, 4) is 0 Å². The van der Waals surface area contributed by atoms with Gasteiger partial charge < -0.3 is 11.1 Å². The summed E-state index contributed by atoms with van der Waals surface area (Å²) in [4.78, 5) is 12.4. The molecule has 0 atom stereocenters. The van der Waals surface area contributed by atoms with Gasteiger partial charge in [0.05, 0.1) is 5.41 Å². The molecule has 0 spiro atoms. The Morgan fingerprint density at radius 3 is 2.78 bits per heavy atom. The molecule has 1 saturated carbocycles. The van der Waals surface area contributed by atoms with Crippen LogP contribution in [0.15, 0.2) is 6.07 Å². The maximum Gasteiger partial charge on any atom is 0.233 e. The molecule has 0 bridgehead atoms. The van der Waals surface area contributed by atoms with Crippen LogP contribution in [-0.2, 0) is 11.2 Å². The van der Waals surface area contributed by atoms with E-state index in [1.165, 1.54) is 6.42 Å². The highest BCUT2D eigenvalue weighted by atomic mass is 16.2. The summed E-state index contributed by atoms with van der Waals surface area (Å²) in [6.45, 7) is 2.46. The first-order valence-corrected chi connectivity index (χ1v) is 6.76. The van der Waals surface area contributed by atoms with Crippen molar-refractivity contribution in [1.82, 2.24) is 10.2 Å². The van der Waals surface area contributed by atoms with Crippen molar-refractivity contribution in [2.24, 2.45) is 11.1 Å². The van der Waals surface area contributed by atoms with E-state index in [0.717, 1.165) is 37.8 Å². The van der Waals surface area contributed by atoms with E-state index in [9.17, 15) is 4.79 Å². The first-order valence-electron chi connectivity index (χ1n) is 6.76. The molecular formula is C13H22N4O. The molecule has 0 aliphatic heterocycles. The fourth-order valence-corrected chi connectivity index (χ4v) is 2.61. The number of hydrogen-bond donors (Lipinski definition) is 3. The van der Waals surface area contributed by atoms with Gasteiger partial charge in [-0.3, -0.25) is 9.89 Å². The second-order valence-corrected chi connectivity index (χ2v) is 5.13. The molecule has 0 saturated heterocycles. The third kappa shape index (κ3) is 2.56. The van der Waals surface area contributed by atoms with Gasteiger partial charge in [0.15, 0.2) is 5.82 Å². The van der Waals surface area contributed by atoms with Crippen molar-refractivity contribution < 1.29 is 4.79 Å². The Balaban J connectivity index is 2.05. The Kier molecular flexibility index (Phi) is 4.01. The second kappa shape index (κ2) is 5.52. The molecule has 1 amide bonds. The molecule has 1 aliphatic carbocycles. The van der Waals surface area contributed by atoms with Crippen LogP contribution in [0.25, 0.3) is 0 Å². The van der Waals surface area contributed by atoms with Crippen molar-refractivity contribution in [2.75, 3.05) is 11.9 Å². The Morgan fingerprint density at radius 1 is 1.50 bits per heavy atom. The largest absolute Gasteiger partial charge is 0.329 e. The number of H-pyrrole nitrogens is 1. The number of nitrogens with one attached hydrogen (secondary N) is 2. The number of carbonyl (C=O) groups is 1. The van der Waals surface area contributed by atoms with E-state index >= 15 is 0 Å². The molecule has 1 aliphatic rings. The van der Waals surface area contributed by atoms with E-state index in [1.807, 2.05) is 13.0 Å². The first kappa shape index (κ1) is 13.1. The smallest absolute Gasteiger partial charge is 0.233 e. The summed E-state index contributed by atoms with van der Waals surface area (Å²) in [5.41, 5.74) is 6.47. The van der Waals surface area contributed by atoms with Crippen molar-refractivity contribution in [3.05, 3.63) is 11.8 Å². The van der Waals surface area contributed by atoms with E-state index in [4.69, 9.17) is 5.73 Å². The average Bonchev–Trinajstić information content (AvgIpc) is 2.87. The molecule has 18 heavy (non-hydrogen) atoms. The fourth-order valence-electron chi connectivity index (χ4n) is 2.61. The maximum atomic E-state index is 12.4.